The van der Waals surface area contributed by atoms with Crippen LogP contribution in [-0.4, -0.2) is 29.5 Å². The molecule has 16 heavy (non-hydrogen) atoms. The predicted molar refractivity (Wildman–Crippen MR) is 67.5 cm³/mol. The number of nitrogens with zero attached hydrogens (tertiary/aromatic N) is 2. The minimum absolute atomic E-state index is 0.715. The minimum Gasteiger partial charge on any atom is -0.339 e. The Morgan fingerprint density at radius 1 is 1.44 bits per heavy atom. The molecular weight excluding hydrogens is 222 g/mol. The second kappa shape index (κ2) is 7.68. The highest BCUT2D eigenvalue weighted by Crippen LogP contribution is 2.13. The van der Waals surface area contributed by atoms with Gasteiger partial charge in [0.25, 0.3) is 0 Å². The highest BCUT2D eigenvalue weighted by Gasteiger charge is 2.06. The number of rotatable bonds is 8. The van der Waals surface area contributed by atoms with Gasteiger partial charge in [0.1, 0.15) is 0 Å². The lowest BCUT2D eigenvalue weighted by Gasteiger charge is -2.00. The van der Waals surface area contributed by atoms with Crippen LogP contribution in [0.4, 0.5) is 0 Å². The number of aryl methyl sites for hydroxylation is 1. The van der Waals surface area contributed by atoms with E-state index in [2.05, 4.69) is 29.3 Å². The quantitative estimate of drug-likeness (QED) is 0.709. The first kappa shape index (κ1) is 13.5. The summed E-state index contributed by atoms with van der Waals surface area (Å²) in [6.45, 7) is 5.42. The summed E-state index contributed by atoms with van der Waals surface area (Å²) in [6.07, 6.45) is 1.90. The van der Waals surface area contributed by atoms with Gasteiger partial charge in [-0.3, -0.25) is 0 Å². The standard InChI is InChI=1S/C11H21N3OS/c1-9(2)7-16-8-10-13-11(15-14-10)5-4-6-12-3/h9,12H,4-8H2,1-3H3. The molecule has 4 nitrogen and oxygen atoms in total. The fourth-order valence-electron chi connectivity index (χ4n) is 1.25. The number of thioether (sulfide) groups is 1. The van der Waals surface area contributed by atoms with Crippen LogP contribution in [0, 0.1) is 5.92 Å². The normalized spacial score (nSPS) is 11.2. The molecule has 0 aliphatic carbocycles. The van der Waals surface area contributed by atoms with E-state index in [0.717, 1.165) is 42.6 Å². The van der Waals surface area contributed by atoms with Crippen molar-refractivity contribution in [1.29, 1.82) is 0 Å². The Labute approximate surface area is 102 Å². The lowest BCUT2D eigenvalue weighted by molar-refractivity contribution is 0.371. The molecular formula is C11H21N3OS. The zero-order valence-electron chi connectivity index (χ0n) is 10.3. The second-order valence-electron chi connectivity index (χ2n) is 4.22. The smallest absolute Gasteiger partial charge is 0.226 e. The van der Waals surface area contributed by atoms with Gasteiger partial charge in [0.15, 0.2) is 5.82 Å². The van der Waals surface area contributed by atoms with Gasteiger partial charge in [0, 0.05) is 6.42 Å². The minimum atomic E-state index is 0.715. The van der Waals surface area contributed by atoms with E-state index in [1.807, 2.05) is 18.8 Å². The molecule has 0 aliphatic heterocycles. The van der Waals surface area contributed by atoms with Crippen molar-refractivity contribution in [2.24, 2.45) is 5.92 Å². The maximum absolute atomic E-state index is 5.17. The zero-order valence-corrected chi connectivity index (χ0v) is 11.1. The van der Waals surface area contributed by atoms with Crippen LogP contribution in [0.3, 0.4) is 0 Å². The molecule has 1 rings (SSSR count). The molecule has 0 unspecified atom stereocenters. The van der Waals surface area contributed by atoms with Crippen molar-refractivity contribution < 1.29 is 4.52 Å². The molecule has 0 saturated carbocycles. The number of nitrogens with one attached hydrogen (secondary N) is 1. The largest absolute Gasteiger partial charge is 0.339 e. The monoisotopic (exact) mass is 243 g/mol. The topological polar surface area (TPSA) is 51.0 Å². The summed E-state index contributed by atoms with van der Waals surface area (Å²) in [5, 5.41) is 7.06. The summed E-state index contributed by atoms with van der Waals surface area (Å²) < 4.78 is 5.17. The molecule has 0 bridgehead atoms. The maximum atomic E-state index is 5.17. The molecule has 0 amide bonds. The Morgan fingerprint density at radius 3 is 2.94 bits per heavy atom. The van der Waals surface area contributed by atoms with Gasteiger partial charge in [0.05, 0.1) is 5.75 Å². The molecule has 0 atom stereocenters. The van der Waals surface area contributed by atoms with Crippen LogP contribution in [-0.2, 0) is 12.2 Å². The Balaban J connectivity index is 2.22. The van der Waals surface area contributed by atoms with Crippen LogP contribution < -0.4 is 5.32 Å². The van der Waals surface area contributed by atoms with Gasteiger partial charge in [-0.1, -0.05) is 19.0 Å². The van der Waals surface area contributed by atoms with E-state index >= 15 is 0 Å². The molecule has 1 aromatic rings. The van der Waals surface area contributed by atoms with Crippen LogP contribution >= 0.6 is 11.8 Å². The highest BCUT2D eigenvalue weighted by atomic mass is 32.2. The summed E-state index contributed by atoms with van der Waals surface area (Å²) in [7, 11) is 1.95. The number of hydrogen-bond acceptors (Lipinski definition) is 5. The second-order valence-corrected chi connectivity index (χ2v) is 5.25. The molecule has 5 heteroatoms. The Kier molecular flexibility index (Phi) is 6.49. The Hall–Kier alpha value is -0.550. The maximum Gasteiger partial charge on any atom is 0.226 e. The summed E-state index contributed by atoms with van der Waals surface area (Å²) in [4.78, 5) is 4.35. The van der Waals surface area contributed by atoms with Gasteiger partial charge in [-0.05, 0) is 31.7 Å². The van der Waals surface area contributed by atoms with Crippen molar-refractivity contribution in [3.63, 3.8) is 0 Å². The van der Waals surface area contributed by atoms with E-state index in [4.69, 9.17) is 4.52 Å². The molecule has 0 aliphatic rings. The average Bonchev–Trinajstić information content (AvgIpc) is 2.66. The summed E-state index contributed by atoms with van der Waals surface area (Å²) in [5.41, 5.74) is 0. The first-order valence-corrected chi connectivity index (χ1v) is 6.91. The van der Waals surface area contributed by atoms with Crippen LogP contribution in [0.25, 0.3) is 0 Å². The van der Waals surface area contributed by atoms with E-state index in [1.165, 1.54) is 0 Å². The van der Waals surface area contributed by atoms with Crippen molar-refractivity contribution in [2.45, 2.75) is 32.4 Å². The molecule has 1 aromatic heterocycles. The number of hydrogen-bond donors (Lipinski definition) is 1. The Bertz CT molecular complexity index is 289. The molecule has 0 radical (unpaired) electrons. The molecule has 0 fully saturated rings. The van der Waals surface area contributed by atoms with Gasteiger partial charge in [-0.2, -0.15) is 16.7 Å². The Morgan fingerprint density at radius 2 is 2.25 bits per heavy atom. The summed E-state index contributed by atoms with van der Waals surface area (Å²) in [6, 6.07) is 0. The predicted octanol–water partition coefficient (Wildman–Crippen LogP) is 2.11. The van der Waals surface area contributed by atoms with E-state index < -0.39 is 0 Å². The van der Waals surface area contributed by atoms with Crippen molar-refractivity contribution in [2.75, 3.05) is 19.3 Å². The fraction of sp³-hybridized carbons (Fsp3) is 0.818. The summed E-state index contributed by atoms with van der Waals surface area (Å²) in [5.74, 6) is 4.30. The van der Waals surface area contributed by atoms with E-state index in [0.29, 0.717) is 5.92 Å². The van der Waals surface area contributed by atoms with Crippen molar-refractivity contribution in [3.8, 4) is 0 Å². The molecule has 1 heterocycles. The third-order valence-electron chi connectivity index (χ3n) is 2.01. The SMILES string of the molecule is CNCCCc1nc(CSCC(C)C)no1. The number of aromatic nitrogens is 2. The van der Waals surface area contributed by atoms with Crippen LogP contribution in [0.5, 0.6) is 0 Å². The lowest BCUT2D eigenvalue weighted by Crippen LogP contribution is -2.08. The third kappa shape index (κ3) is 5.51. The van der Waals surface area contributed by atoms with E-state index in [1.54, 1.807) is 0 Å². The van der Waals surface area contributed by atoms with Crippen molar-refractivity contribution >= 4 is 11.8 Å². The molecule has 0 spiro atoms. The van der Waals surface area contributed by atoms with Gasteiger partial charge in [-0.25, -0.2) is 0 Å². The summed E-state index contributed by atoms with van der Waals surface area (Å²) >= 11 is 1.86. The van der Waals surface area contributed by atoms with Gasteiger partial charge >= 0.3 is 0 Å². The van der Waals surface area contributed by atoms with Crippen molar-refractivity contribution in [1.82, 2.24) is 15.5 Å². The van der Waals surface area contributed by atoms with Crippen LogP contribution in [0.2, 0.25) is 0 Å². The van der Waals surface area contributed by atoms with E-state index in [9.17, 15) is 0 Å². The molecule has 92 valence electrons. The van der Waals surface area contributed by atoms with Gasteiger partial charge < -0.3 is 9.84 Å². The third-order valence-corrected chi connectivity index (χ3v) is 3.37. The van der Waals surface area contributed by atoms with E-state index in [-0.39, 0.29) is 0 Å². The first-order chi connectivity index (χ1) is 7.72. The van der Waals surface area contributed by atoms with Gasteiger partial charge in [0.2, 0.25) is 5.89 Å². The first-order valence-electron chi connectivity index (χ1n) is 5.76. The van der Waals surface area contributed by atoms with Crippen LogP contribution in [0.15, 0.2) is 4.52 Å². The molecule has 0 aromatic carbocycles. The zero-order chi connectivity index (χ0) is 11.8. The molecule has 0 saturated heterocycles. The highest BCUT2D eigenvalue weighted by molar-refractivity contribution is 7.98. The fourth-order valence-corrected chi connectivity index (χ4v) is 2.14. The van der Waals surface area contributed by atoms with Crippen molar-refractivity contribution in [3.05, 3.63) is 11.7 Å². The van der Waals surface area contributed by atoms with Gasteiger partial charge in [-0.15, -0.1) is 0 Å². The molecule has 1 N–H and O–H groups in total. The van der Waals surface area contributed by atoms with Crippen LogP contribution in [0.1, 0.15) is 32.0 Å². The average molecular weight is 243 g/mol. The lowest BCUT2D eigenvalue weighted by atomic mass is 10.3.